The molecule has 0 fully saturated rings. The SMILES string of the molecule is CCCn1c(NC(=O)c2ccc3c(c2)CC(C)N3S(C)(=O)=O)nc2ccccc21. The van der Waals surface area contributed by atoms with E-state index in [2.05, 4.69) is 17.2 Å². The molecule has 1 aliphatic rings. The number of carbonyl (C=O) groups excluding carboxylic acids is 1. The lowest BCUT2D eigenvalue weighted by atomic mass is 10.1. The van der Waals surface area contributed by atoms with Crippen molar-refractivity contribution in [3.63, 3.8) is 0 Å². The minimum absolute atomic E-state index is 0.160. The van der Waals surface area contributed by atoms with E-state index < -0.39 is 10.0 Å². The lowest BCUT2D eigenvalue weighted by molar-refractivity contribution is 0.102. The number of fused-ring (bicyclic) bond motifs is 2. The van der Waals surface area contributed by atoms with Gasteiger partial charge in [-0.05, 0) is 55.7 Å². The molecule has 1 atom stereocenters. The number of anilines is 2. The van der Waals surface area contributed by atoms with Gasteiger partial charge in [0.25, 0.3) is 5.91 Å². The molecular formula is C21H24N4O3S. The maximum absolute atomic E-state index is 12.9. The molecule has 3 aromatic rings. The number of carbonyl (C=O) groups is 1. The third kappa shape index (κ3) is 3.48. The molecule has 1 aromatic heterocycles. The molecule has 0 aliphatic carbocycles. The first-order valence-electron chi connectivity index (χ1n) is 9.68. The van der Waals surface area contributed by atoms with Crippen LogP contribution in [-0.2, 0) is 23.0 Å². The lowest BCUT2D eigenvalue weighted by Crippen LogP contribution is -2.34. The topological polar surface area (TPSA) is 84.3 Å². The quantitative estimate of drug-likeness (QED) is 0.696. The summed E-state index contributed by atoms with van der Waals surface area (Å²) in [5.74, 6) is 0.260. The summed E-state index contributed by atoms with van der Waals surface area (Å²) < 4.78 is 27.6. The number of amides is 1. The largest absolute Gasteiger partial charge is 0.310 e. The van der Waals surface area contributed by atoms with Crippen LogP contribution in [0.2, 0.25) is 0 Å². The highest BCUT2D eigenvalue weighted by molar-refractivity contribution is 7.92. The number of para-hydroxylation sites is 2. The first-order chi connectivity index (χ1) is 13.8. The van der Waals surface area contributed by atoms with Crippen molar-refractivity contribution >= 4 is 38.6 Å². The lowest BCUT2D eigenvalue weighted by Gasteiger charge is -2.21. The van der Waals surface area contributed by atoms with E-state index in [1.165, 1.54) is 10.6 Å². The highest BCUT2D eigenvalue weighted by Crippen LogP contribution is 2.34. The third-order valence-corrected chi connectivity index (χ3v) is 6.45. The van der Waals surface area contributed by atoms with Gasteiger partial charge in [0.05, 0.1) is 23.0 Å². The van der Waals surface area contributed by atoms with Crippen LogP contribution in [0.5, 0.6) is 0 Å². The Morgan fingerprint density at radius 1 is 1.24 bits per heavy atom. The summed E-state index contributed by atoms with van der Waals surface area (Å²) in [5.41, 5.74) is 3.81. The molecule has 2 heterocycles. The first-order valence-corrected chi connectivity index (χ1v) is 11.5. The first kappa shape index (κ1) is 19.4. The van der Waals surface area contributed by atoms with Crippen molar-refractivity contribution in [3.8, 4) is 0 Å². The molecule has 29 heavy (non-hydrogen) atoms. The van der Waals surface area contributed by atoms with Crippen LogP contribution in [0.15, 0.2) is 42.5 Å². The summed E-state index contributed by atoms with van der Waals surface area (Å²) >= 11 is 0. The summed E-state index contributed by atoms with van der Waals surface area (Å²) in [6.07, 6.45) is 2.70. The Morgan fingerprint density at radius 2 is 2.00 bits per heavy atom. The second-order valence-corrected chi connectivity index (χ2v) is 9.34. The Balaban J connectivity index is 1.65. The van der Waals surface area contributed by atoms with Crippen LogP contribution in [0.25, 0.3) is 11.0 Å². The van der Waals surface area contributed by atoms with E-state index in [-0.39, 0.29) is 11.9 Å². The van der Waals surface area contributed by atoms with Crippen molar-refractivity contribution < 1.29 is 13.2 Å². The molecule has 0 saturated carbocycles. The van der Waals surface area contributed by atoms with Crippen LogP contribution in [0.1, 0.15) is 36.2 Å². The number of aromatic nitrogens is 2. The zero-order chi connectivity index (χ0) is 20.8. The molecule has 0 saturated heterocycles. The van der Waals surface area contributed by atoms with Crippen LogP contribution < -0.4 is 9.62 Å². The monoisotopic (exact) mass is 412 g/mol. The van der Waals surface area contributed by atoms with Gasteiger partial charge in [-0.2, -0.15) is 0 Å². The van der Waals surface area contributed by atoms with Crippen LogP contribution in [-0.4, -0.2) is 36.2 Å². The molecule has 1 amide bonds. The molecule has 0 spiro atoms. The van der Waals surface area contributed by atoms with Gasteiger partial charge in [0, 0.05) is 18.2 Å². The molecule has 1 aliphatic heterocycles. The average Bonchev–Trinajstić information content (AvgIpc) is 3.18. The molecule has 0 radical (unpaired) electrons. The minimum atomic E-state index is -3.35. The third-order valence-electron chi connectivity index (χ3n) is 5.18. The zero-order valence-corrected chi connectivity index (χ0v) is 17.5. The summed E-state index contributed by atoms with van der Waals surface area (Å²) in [7, 11) is -3.35. The van der Waals surface area contributed by atoms with Gasteiger partial charge in [-0.25, -0.2) is 13.4 Å². The standard InChI is InChI=1S/C21H24N4O3S/c1-4-11-24-19-8-6-5-7-17(19)22-21(24)23-20(26)15-9-10-18-16(13-15)12-14(2)25(18)29(3,27)28/h5-10,13-14H,4,11-12H2,1-3H3,(H,22,23,26). The van der Waals surface area contributed by atoms with Crippen molar-refractivity contribution in [2.45, 2.75) is 39.3 Å². The number of rotatable bonds is 5. The Bertz CT molecular complexity index is 1200. The smallest absolute Gasteiger partial charge is 0.257 e. The fourth-order valence-corrected chi connectivity index (χ4v) is 5.31. The van der Waals surface area contributed by atoms with Crippen molar-refractivity contribution in [1.82, 2.24) is 9.55 Å². The van der Waals surface area contributed by atoms with Gasteiger partial charge in [0.2, 0.25) is 16.0 Å². The van der Waals surface area contributed by atoms with Crippen molar-refractivity contribution in [2.75, 3.05) is 15.9 Å². The Morgan fingerprint density at radius 3 is 2.72 bits per heavy atom. The van der Waals surface area contributed by atoms with Crippen LogP contribution in [0, 0.1) is 0 Å². The van der Waals surface area contributed by atoms with E-state index in [4.69, 9.17) is 0 Å². The van der Waals surface area contributed by atoms with E-state index in [1.807, 2.05) is 35.8 Å². The predicted octanol–water partition coefficient (Wildman–Crippen LogP) is 3.41. The predicted molar refractivity (Wildman–Crippen MR) is 115 cm³/mol. The van der Waals surface area contributed by atoms with Gasteiger partial charge in [-0.15, -0.1) is 0 Å². The molecule has 1 unspecified atom stereocenters. The van der Waals surface area contributed by atoms with E-state index in [1.54, 1.807) is 18.2 Å². The molecule has 8 heteroatoms. The molecule has 7 nitrogen and oxygen atoms in total. The minimum Gasteiger partial charge on any atom is -0.310 e. The fraction of sp³-hybridized carbons (Fsp3) is 0.333. The maximum atomic E-state index is 12.9. The van der Waals surface area contributed by atoms with Gasteiger partial charge < -0.3 is 4.57 Å². The van der Waals surface area contributed by atoms with Crippen molar-refractivity contribution in [2.24, 2.45) is 0 Å². The number of hydrogen-bond donors (Lipinski definition) is 1. The number of imidazole rings is 1. The number of sulfonamides is 1. The van der Waals surface area contributed by atoms with Gasteiger partial charge in [0.1, 0.15) is 0 Å². The normalized spacial score (nSPS) is 16.2. The Kier molecular flexibility index (Phi) is 4.82. The highest BCUT2D eigenvalue weighted by Gasteiger charge is 2.32. The molecule has 152 valence electrons. The van der Waals surface area contributed by atoms with E-state index in [0.717, 1.165) is 29.6 Å². The van der Waals surface area contributed by atoms with Crippen LogP contribution >= 0.6 is 0 Å². The number of benzene rings is 2. The number of hydrogen-bond acceptors (Lipinski definition) is 4. The summed E-state index contributed by atoms with van der Waals surface area (Å²) in [6, 6.07) is 12.8. The van der Waals surface area contributed by atoms with Gasteiger partial charge in [-0.1, -0.05) is 19.1 Å². The molecule has 1 N–H and O–H groups in total. The van der Waals surface area contributed by atoms with E-state index in [0.29, 0.717) is 23.6 Å². The Hall–Kier alpha value is -2.87. The summed E-state index contributed by atoms with van der Waals surface area (Å²) in [5, 5.41) is 2.93. The summed E-state index contributed by atoms with van der Waals surface area (Å²) in [4.78, 5) is 17.5. The maximum Gasteiger partial charge on any atom is 0.257 e. The molecular weight excluding hydrogens is 388 g/mol. The average molecular weight is 413 g/mol. The number of nitrogens with zero attached hydrogens (tertiary/aromatic N) is 3. The van der Waals surface area contributed by atoms with Crippen molar-refractivity contribution in [1.29, 1.82) is 0 Å². The number of aryl methyl sites for hydroxylation is 1. The number of nitrogens with one attached hydrogen (secondary N) is 1. The zero-order valence-electron chi connectivity index (χ0n) is 16.7. The fourth-order valence-electron chi connectivity index (χ4n) is 4.04. The second-order valence-electron chi connectivity index (χ2n) is 7.49. The molecule has 0 bridgehead atoms. The van der Waals surface area contributed by atoms with Crippen LogP contribution in [0.4, 0.5) is 11.6 Å². The highest BCUT2D eigenvalue weighted by atomic mass is 32.2. The van der Waals surface area contributed by atoms with Crippen molar-refractivity contribution in [3.05, 3.63) is 53.6 Å². The molecule has 2 aromatic carbocycles. The van der Waals surface area contributed by atoms with Gasteiger partial charge >= 0.3 is 0 Å². The second kappa shape index (κ2) is 7.18. The van der Waals surface area contributed by atoms with Crippen LogP contribution in [0.3, 0.4) is 0 Å². The van der Waals surface area contributed by atoms with Gasteiger partial charge in [0.15, 0.2) is 0 Å². The van der Waals surface area contributed by atoms with E-state index >= 15 is 0 Å². The van der Waals surface area contributed by atoms with E-state index in [9.17, 15) is 13.2 Å². The molecule has 4 rings (SSSR count). The Labute approximate surface area is 170 Å². The van der Waals surface area contributed by atoms with Gasteiger partial charge in [-0.3, -0.25) is 14.4 Å². The summed E-state index contributed by atoms with van der Waals surface area (Å²) in [6.45, 7) is 4.70.